The molecule has 3 rings (SSSR count). The minimum absolute atomic E-state index is 0.209. The molecule has 0 saturated heterocycles. The maximum Gasteiger partial charge on any atom is 0.257 e. The Morgan fingerprint density at radius 2 is 0.973 bits per heavy atom. The summed E-state index contributed by atoms with van der Waals surface area (Å²) < 4.78 is 16.9. The molecule has 0 unspecified atom stereocenters. The largest absolute Gasteiger partial charge is 0.493 e. The fourth-order valence-corrected chi connectivity index (χ4v) is 3.17. The second-order valence-electron chi connectivity index (χ2n) is 7.35. The van der Waals surface area contributed by atoms with Gasteiger partial charge in [-0.1, -0.05) is 36.4 Å². The third-order valence-electron chi connectivity index (χ3n) is 4.76. The van der Waals surface area contributed by atoms with E-state index in [0.717, 1.165) is 33.9 Å². The van der Waals surface area contributed by atoms with Crippen LogP contribution in [0.5, 0.6) is 17.2 Å². The van der Waals surface area contributed by atoms with Crippen LogP contribution in [0.2, 0.25) is 0 Å². The number of nitrogens with one attached hydrogen (secondary N) is 2. The van der Waals surface area contributed by atoms with Crippen molar-refractivity contribution in [2.45, 2.75) is 20.8 Å². The van der Waals surface area contributed by atoms with Gasteiger partial charge in [-0.2, -0.15) is 15.3 Å². The van der Waals surface area contributed by atoms with Gasteiger partial charge in [0, 0.05) is 16.7 Å². The quantitative estimate of drug-likeness (QED) is 0.211. The van der Waals surface area contributed by atoms with Gasteiger partial charge < -0.3 is 14.2 Å². The van der Waals surface area contributed by atoms with Crippen LogP contribution in [0, 0.1) is 0 Å². The van der Waals surface area contributed by atoms with Crippen LogP contribution in [-0.2, 0) is 0 Å². The van der Waals surface area contributed by atoms with Crippen molar-refractivity contribution in [2.75, 3.05) is 19.8 Å². The topological polar surface area (TPSA) is 101 Å². The van der Waals surface area contributed by atoms with Gasteiger partial charge in [-0.3, -0.25) is 0 Å². The molecule has 0 fully saturated rings. The van der Waals surface area contributed by atoms with Crippen LogP contribution < -0.4 is 25.1 Å². The summed E-state index contributed by atoms with van der Waals surface area (Å²) in [7, 11) is 0. The van der Waals surface area contributed by atoms with Gasteiger partial charge in [0.15, 0.2) is 0 Å². The van der Waals surface area contributed by atoms with Crippen molar-refractivity contribution < 1.29 is 14.2 Å². The summed E-state index contributed by atoms with van der Waals surface area (Å²) in [4.78, 5) is 0. The molecule has 0 aromatic heterocycles. The van der Waals surface area contributed by atoms with Gasteiger partial charge in [-0.25, -0.2) is 10.9 Å². The summed E-state index contributed by atoms with van der Waals surface area (Å²) in [5.74, 6) is 2.40. The maximum absolute atomic E-state index is 5.65. The van der Waals surface area contributed by atoms with Crippen molar-refractivity contribution in [3.8, 4) is 17.2 Å². The average molecular weight is 501 g/mol. The van der Waals surface area contributed by atoms with E-state index in [9.17, 15) is 0 Å². The first-order valence-electron chi connectivity index (χ1n) is 12.1. The lowest BCUT2D eigenvalue weighted by Gasteiger charge is -2.07. The number of benzene rings is 3. The Hall–Kier alpha value is -4.66. The number of hydrogen-bond donors (Lipinski definition) is 2. The molecule has 0 saturated carbocycles. The number of ether oxygens (including phenoxy) is 3. The SMILES string of the molecule is CCOc1ccccc1C=NN=C(NN=Cc1ccccc1OCC)N/N=C/c1ccccc1OCC. The second kappa shape index (κ2) is 15.4. The molecule has 9 nitrogen and oxygen atoms in total. The molecule has 0 atom stereocenters. The van der Waals surface area contributed by atoms with E-state index in [1.165, 1.54) is 0 Å². The molecule has 37 heavy (non-hydrogen) atoms. The first-order chi connectivity index (χ1) is 18.2. The van der Waals surface area contributed by atoms with Crippen LogP contribution in [0.25, 0.3) is 0 Å². The molecule has 0 heterocycles. The Labute approximate surface area is 217 Å². The first kappa shape index (κ1) is 26.9. The van der Waals surface area contributed by atoms with E-state index in [1.807, 2.05) is 93.6 Å². The lowest BCUT2D eigenvalue weighted by molar-refractivity contribution is 0.339. The Morgan fingerprint density at radius 1 is 0.595 bits per heavy atom. The average Bonchev–Trinajstić information content (AvgIpc) is 2.92. The molecule has 3 aromatic carbocycles. The summed E-state index contributed by atoms with van der Waals surface area (Å²) in [6, 6.07) is 22.8. The Kier molecular flexibility index (Phi) is 11.2. The Morgan fingerprint density at radius 3 is 1.38 bits per heavy atom. The zero-order chi connectivity index (χ0) is 26.1. The summed E-state index contributed by atoms with van der Waals surface area (Å²) in [5.41, 5.74) is 8.14. The zero-order valence-corrected chi connectivity index (χ0v) is 21.3. The highest BCUT2D eigenvalue weighted by molar-refractivity contribution is 5.89. The first-order valence-corrected chi connectivity index (χ1v) is 12.1. The molecule has 0 aliphatic heterocycles. The standard InChI is InChI=1S/C28H32N6O3/c1-4-35-25-16-10-7-13-22(25)19-29-32-28(33-30-20-23-14-8-11-17-26(23)36-5-2)34-31-21-24-15-9-12-18-27(24)37-6-3/h7-21H,4-6H2,1-3H3,(H2,32,33,34)/b29-19+,30-20?,31-21?. The van der Waals surface area contributed by atoms with Crippen molar-refractivity contribution in [3.05, 3.63) is 89.5 Å². The molecule has 0 amide bonds. The van der Waals surface area contributed by atoms with Gasteiger partial charge in [0.1, 0.15) is 17.2 Å². The van der Waals surface area contributed by atoms with E-state index in [0.29, 0.717) is 19.8 Å². The fourth-order valence-electron chi connectivity index (χ4n) is 3.17. The summed E-state index contributed by atoms with van der Waals surface area (Å²) in [6.45, 7) is 7.47. The minimum Gasteiger partial charge on any atom is -0.493 e. The summed E-state index contributed by atoms with van der Waals surface area (Å²) >= 11 is 0. The van der Waals surface area contributed by atoms with Crippen molar-refractivity contribution >= 4 is 24.6 Å². The zero-order valence-electron chi connectivity index (χ0n) is 21.3. The molecule has 0 radical (unpaired) electrons. The van der Waals surface area contributed by atoms with Crippen LogP contribution in [0.1, 0.15) is 37.5 Å². The van der Waals surface area contributed by atoms with Gasteiger partial charge in [-0.05, 0) is 57.2 Å². The molecule has 192 valence electrons. The van der Waals surface area contributed by atoms with E-state index in [-0.39, 0.29) is 5.96 Å². The predicted octanol–water partition coefficient (Wildman–Crippen LogP) is 4.82. The van der Waals surface area contributed by atoms with Crippen LogP contribution in [0.4, 0.5) is 0 Å². The third kappa shape index (κ3) is 8.81. The van der Waals surface area contributed by atoms with Gasteiger partial charge in [0.25, 0.3) is 5.96 Å². The smallest absolute Gasteiger partial charge is 0.257 e. The number of hydrogen-bond acceptors (Lipinski definition) is 7. The van der Waals surface area contributed by atoms with E-state index in [1.54, 1.807) is 18.6 Å². The van der Waals surface area contributed by atoms with Crippen molar-refractivity contribution in [3.63, 3.8) is 0 Å². The van der Waals surface area contributed by atoms with Crippen molar-refractivity contribution in [1.82, 2.24) is 10.9 Å². The number of para-hydroxylation sites is 3. The van der Waals surface area contributed by atoms with Gasteiger partial charge in [-0.15, -0.1) is 5.10 Å². The Bertz CT molecular complexity index is 1180. The van der Waals surface area contributed by atoms with Crippen LogP contribution >= 0.6 is 0 Å². The van der Waals surface area contributed by atoms with E-state index in [2.05, 4.69) is 31.3 Å². The Balaban J connectivity index is 1.79. The lowest BCUT2D eigenvalue weighted by Crippen LogP contribution is -2.30. The normalized spacial score (nSPS) is 11.8. The summed E-state index contributed by atoms with van der Waals surface area (Å²) in [5, 5.41) is 17.0. The highest BCUT2D eigenvalue weighted by Crippen LogP contribution is 2.17. The molecule has 0 spiro atoms. The van der Waals surface area contributed by atoms with Gasteiger partial charge in [0.2, 0.25) is 0 Å². The predicted molar refractivity (Wildman–Crippen MR) is 149 cm³/mol. The van der Waals surface area contributed by atoms with Gasteiger partial charge in [0.05, 0.1) is 38.5 Å². The van der Waals surface area contributed by atoms with Crippen molar-refractivity contribution in [2.24, 2.45) is 20.4 Å². The maximum atomic E-state index is 5.65. The molecule has 0 aliphatic carbocycles. The number of hydrazone groups is 2. The molecule has 3 aromatic rings. The molecule has 9 heteroatoms. The molecule has 0 aliphatic rings. The van der Waals surface area contributed by atoms with Crippen LogP contribution in [-0.4, -0.2) is 44.4 Å². The van der Waals surface area contributed by atoms with Crippen LogP contribution in [0.15, 0.2) is 93.2 Å². The molecular formula is C28H32N6O3. The monoisotopic (exact) mass is 500 g/mol. The van der Waals surface area contributed by atoms with E-state index in [4.69, 9.17) is 14.2 Å². The van der Waals surface area contributed by atoms with Crippen molar-refractivity contribution in [1.29, 1.82) is 0 Å². The lowest BCUT2D eigenvalue weighted by atomic mass is 10.2. The number of rotatable bonds is 12. The summed E-state index contributed by atoms with van der Waals surface area (Å²) in [6.07, 6.45) is 4.89. The van der Waals surface area contributed by atoms with Gasteiger partial charge >= 0.3 is 0 Å². The minimum atomic E-state index is 0.209. The highest BCUT2D eigenvalue weighted by atomic mass is 16.5. The fraction of sp³-hybridized carbons (Fsp3) is 0.214. The number of nitrogens with zero attached hydrogens (tertiary/aromatic N) is 4. The third-order valence-corrected chi connectivity index (χ3v) is 4.76. The van der Waals surface area contributed by atoms with E-state index < -0.39 is 0 Å². The number of guanidine groups is 1. The van der Waals surface area contributed by atoms with Crippen LogP contribution in [0.3, 0.4) is 0 Å². The molecular weight excluding hydrogens is 468 g/mol. The highest BCUT2D eigenvalue weighted by Gasteiger charge is 2.02. The molecule has 0 bridgehead atoms. The second-order valence-corrected chi connectivity index (χ2v) is 7.35. The van der Waals surface area contributed by atoms with E-state index >= 15 is 0 Å². The molecule has 2 N–H and O–H groups in total.